The average Bonchev–Trinajstić information content (AvgIpc) is 3.03. The first kappa shape index (κ1) is 17.9. The Morgan fingerprint density at radius 3 is 2.60 bits per heavy atom. The van der Waals surface area contributed by atoms with Gasteiger partial charge in [0.2, 0.25) is 0 Å². The standard InChI is InChI=1S/C19H18F3NOS/c1-12-6-7-16(13(2)10-12)18-23(8-9-25-18)17(24)14-4-3-5-15(11-14)19(20,21)22/h3-7,10-11,18H,8-9H2,1-2H3. The predicted octanol–water partition coefficient (Wildman–Crippen LogP) is 5.21. The Hall–Kier alpha value is -1.95. The first-order chi connectivity index (χ1) is 11.8. The molecule has 1 saturated heterocycles. The third-order valence-electron chi connectivity index (χ3n) is 4.28. The molecule has 1 amide bonds. The fraction of sp³-hybridized carbons (Fsp3) is 0.316. The molecule has 1 aliphatic heterocycles. The summed E-state index contributed by atoms with van der Waals surface area (Å²) in [6.45, 7) is 4.52. The number of thioether (sulfide) groups is 1. The Kier molecular flexibility index (Phi) is 4.82. The summed E-state index contributed by atoms with van der Waals surface area (Å²) in [5.74, 6) is 0.406. The van der Waals surface area contributed by atoms with E-state index < -0.39 is 11.7 Å². The Balaban J connectivity index is 1.91. The molecule has 132 valence electrons. The molecule has 1 unspecified atom stereocenters. The van der Waals surface area contributed by atoms with Gasteiger partial charge in [0.25, 0.3) is 5.91 Å². The third-order valence-corrected chi connectivity index (χ3v) is 5.52. The molecule has 1 fully saturated rings. The molecule has 2 nitrogen and oxygen atoms in total. The molecule has 0 saturated carbocycles. The molecule has 25 heavy (non-hydrogen) atoms. The maximum Gasteiger partial charge on any atom is 0.416 e. The van der Waals surface area contributed by atoms with Crippen molar-refractivity contribution in [2.24, 2.45) is 0 Å². The lowest BCUT2D eigenvalue weighted by Gasteiger charge is -2.26. The fourth-order valence-electron chi connectivity index (χ4n) is 3.03. The van der Waals surface area contributed by atoms with Gasteiger partial charge in [0.15, 0.2) is 0 Å². The van der Waals surface area contributed by atoms with Crippen molar-refractivity contribution in [2.45, 2.75) is 25.4 Å². The van der Waals surface area contributed by atoms with E-state index in [1.54, 1.807) is 16.7 Å². The minimum Gasteiger partial charge on any atom is -0.322 e. The number of rotatable bonds is 2. The van der Waals surface area contributed by atoms with E-state index in [0.29, 0.717) is 6.54 Å². The lowest BCUT2D eigenvalue weighted by Crippen LogP contribution is -2.31. The Labute approximate surface area is 149 Å². The van der Waals surface area contributed by atoms with Crippen LogP contribution in [0.2, 0.25) is 0 Å². The van der Waals surface area contributed by atoms with Gasteiger partial charge in [-0.3, -0.25) is 4.79 Å². The summed E-state index contributed by atoms with van der Waals surface area (Å²) in [7, 11) is 0. The van der Waals surface area contributed by atoms with Crippen LogP contribution in [-0.4, -0.2) is 23.1 Å². The van der Waals surface area contributed by atoms with Crippen molar-refractivity contribution in [3.63, 3.8) is 0 Å². The highest BCUT2D eigenvalue weighted by molar-refractivity contribution is 7.99. The summed E-state index contributed by atoms with van der Waals surface area (Å²) < 4.78 is 38.7. The van der Waals surface area contributed by atoms with Crippen LogP contribution >= 0.6 is 11.8 Å². The zero-order valence-corrected chi connectivity index (χ0v) is 14.7. The molecule has 0 aromatic heterocycles. The molecule has 0 aliphatic carbocycles. The van der Waals surface area contributed by atoms with Crippen LogP contribution < -0.4 is 0 Å². The van der Waals surface area contributed by atoms with Gasteiger partial charge < -0.3 is 4.90 Å². The fourth-order valence-corrected chi connectivity index (χ4v) is 4.38. The number of alkyl halides is 3. The topological polar surface area (TPSA) is 20.3 Å². The third kappa shape index (κ3) is 3.68. The van der Waals surface area contributed by atoms with Gasteiger partial charge in [-0.15, -0.1) is 11.8 Å². The predicted molar refractivity (Wildman–Crippen MR) is 93.6 cm³/mol. The number of benzene rings is 2. The number of carbonyl (C=O) groups excluding carboxylic acids is 1. The van der Waals surface area contributed by atoms with Gasteiger partial charge in [0.05, 0.1) is 5.56 Å². The molecule has 1 heterocycles. The number of aryl methyl sites for hydroxylation is 2. The minimum absolute atomic E-state index is 0.0760. The van der Waals surface area contributed by atoms with E-state index in [-0.39, 0.29) is 16.8 Å². The van der Waals surface area contributed by atoms with Crippen molar-refractivity contribution in [1.29, 1.82) is 0 Å². The van der Waals surface area contributed by atoms with Crippen molar-refractivity contribution < 1.29 is 18.0 Å². The Morgan fingerprint density at radius 2 is 1.92 bits per heavy atom. The van der Waals surface area contributed by atoms with Gasteiger partial charge in [0, 0.05) is 17.9 Å². The monoisotopic (exact) mass is 365 g/mol. The summed E-state index contributed by atoms with van der Waals surface area (Å²) in [4.78, 5) is 14.5. The van der Waals surface area contributed by atoms with E-state index in [2.05, 4.69) is 6.07 Å². The lowest BCUT2D eigenvalue weighted by molar-refractivity contribution is -0.137. The summed E-state index contributed by atoms with van der Waals surface area (Å²) in [5.41, 5.74) is 2.54. The van der Waals surface area contributed by atoms with Crippen molar-refractivity contribution >= 4 is 17.7 Å². The van der Waals surface area contributed by atoms with Gasteiger partial charge in [0.1, 0.15) is 5.37 Å². The van der Waals surface area contributed by atoms with E-state index in [0.717, 1.165) is 34.6 Å². The van der Waals surface area contributed by atoms with Crippen LogP contribution in [0.25, 0.3) is 0 Å². The van der Waals surface area contributed by atoms with Crippen LogP contribution in [0.3, 0.4) is 0 Å². The molecule has 0 N–H and O–H groups in total. The second kappa shape index (κ2) is 6.75. The van der Waals surface area contributed by atoms with Gasteiger partial charge in [-0.05, 0) is 43.2 Å². The largest absolute Gasteiger partial charge is 0.416 e. The van der Waals surface area contributed by atoms with Gasteiger partial charge >= 0.3 is 6.18 Å². The van der Waals surface area contributed by atoms with Crippen LogP contribution in [0.5, 0.6) is 0 Å². The highest BCUT2D eigenvalue weighted by Crippen LogP contribution is 2.40. The smallest absolute Gasteiger partial charge is 0.322 e. The molecular formula is C19H18F3NOS. The molecule has 2 aromatic rings. The number of amides is 1. The lowest BCUT2D eigenvalue weighted by atomic mass is 10.0. The zero-order valence-electron chi connectivity index (χ0n) is 13.9. The normalized spacial score (nSPS) is 17.8. The van der Waals surface area contributed by atoms with Gasteiger partial charge in [-0.25, -0.2) is 0 Å². The summed E-state index contributed by atoms with van der Waals surface area (Å²) in [6, 6.07) is 10.7. The summed E-state index contributed by atoms with van der Waals surface area (Å²) in [5, 5.41) is -0.164. The van der Waals surface area contributed by atoms with Crippen molar-refractivity contribution in [3.05, 3.63) is 70.3 Å². The number of hydrogen-bond acceptors (Lipinski definition) is 2. The Morgan fingerprint density at radius 1 is 1.16 bits per heavy atom. The van der Waals surface area contributed by atoms with Crippen LogP contribution in [0, 0.1) is 13.8 Å². The van der Waals surface area contributed by atoms with E-state index in [1.165, 1.54) is 12.1 Å². The molecule has 6 heteroatoms. The van der Waals surface area contributed by atoms with E-state index in [1.807, 2.05) is 26.0 Å². The average molecular weight is 365 g/mol. The molecule has 3 rings (SSSR count). The molecule has 0 spiro atoms. The second-order valence-electron chi connectivity index (χ2n) is 6.16. The SMILES string of the molecule is Cc1ccc(C2SCCN2C(=O)c2cccc(C(F)(F)F)c2)c(C)c1. The van der Waals surface area contributed by atoms with E-state index >= 15 is 0 Å². The Bertz CT molecular complexity index is 803. The van der Waals surface area contributed by atoms with Crippen LogP contribution in [0.4, 0.5) is 13.2 Å². The second-order valence-corrected chi connectivity index (χ2v) is 7.35. The van der Waals surface area contributed by atoms with E-state index in [9.17, 15) is 18.0 Å². The van der Waals surface area contributed by atoms with E-state index in [4.69, 9.17) is 0 Å². The molecular weight excluding hydrogens is 347 g/mol. The van der Waals surface area contributed by atoms with Gasteiger partial charge in [-0.2, -0.15) is 13.2 Å². The zero-order chi connectivity index (χ0) is 18.2. The highest BCUT2D eigenvalue weighted by atomic mass is 32.2. The maximum absolute atomic E-state index is 12.9. The molecule has 1 aliphatic rings. The number of hydrogen-bond donors (Lipinski definition) is 0. The quantitative estimate of drug-likeness (QED) is 0.728. The molecule has 0 radical (unpaired) electrons. The van der Waals surface area contributed by atoms with Crippen LogP contribution in [0.1, 0.15) is 38.0 Å². The first-order valence-corrected chi connectivity index (χ1v) is 8.99. The molecule has 0 bridgehead atoms. The van der Waals surface area contributed by atoms with Crippen molar-refractivity contribution in [1.82, 2.24) is 4.90 Å². The molecule has 1 atom stereocenters. The number of nitrogens with zero attached hydrogens (tertiary/aromatic N) is 1. The van der Waals surface area contributed by atoms with Crippen LogP contribution in [-0.2, 0) is 6.18 Å². The maximum atomic E-state index is 12.9. The number of carbonyl (C=O) groups is 1. The van der Waals surface area contributed by atoms with Crippen molar-refractivity contribution in [2.75, 3.05) is 12.3 Å². The first-order valence-electron chi connectivity index (χ1n) is 7.94. The highest BCUT2D eigenvalue weighted by Gasteiger charge is 2.34. The van der Waals surface area contributed by atoms with Gasteiger partial charge in [-0.1, -0.05) is 29.8 Å². The minimum atomic E-state index is -4.46. The summed E-state index contributed by atoms with van der Waals surface area (Å²) >= 11 is 1.64. The molecule has 2 aromatic carbocycles. The van der Waals surface area contributed by atoms with Crippen LogP contribution in [0.15, 0.2) is 42.5 Å². The number of halogens is 3. The summed E-state index contributed by atoms with van der Waals surface area (Å²) in [6.07, 6.45) is -4.46. The van der Waals surface area contributed by atoms with Crippen molar-refractivity contribution in [3.8, 4) is 0 Å².